The number of hydrogen-bond donors (Lipinski definition) is 1. The van der Waals surface area contributed by atoms with E-state index in [0.29, 0.717) is 12.5 Å². The molecule has 0 saturated carbocycles. The average Bonchev–Trinajstić information content (AvgIpc) is 2.82. The van der Waals surface area contributed by atoms with E-state index in [-0.39, 0.29) is 6.04 Å². The quantitative estimate of drug-likeness (QED) is 0.885. The molecule has 17 heavy (non-hydrogen) atoms. The highest BCUT2D eigenvalue weighted by Gasteiger charge is 2.02. The van der Waals surface area contributed by atoms with Gasteiger partial charge in [-0.15, -0.1) is 11.3 Å². The summed E-state index contributed by atoms with van der Waals surface area (Å²) in [6.07, 6.45) is 2.65. The standard InChI is InChI=1S/C13H16N2OS/c1-10(14)11-4-6-15-13(9-11)16-7-5-12-3-2-8-17-12/h2-4,6,8-10H,5,7,14H2,1H3/t10-/m1/s1. The van der Waals surface area contributed by atoms with Crippen LogP contribution >= 0.6 is 11.3 Å². The summed E-state index contributed by atoms with van der Waals surface area (Å²) in [5.74, 6) is 0.649. The number of pyridine rings is 1. The fraction of sp³-hybridized carbons (Fsp3) is 0.308. The van der Waals surface area contributed by atoms with Crippen LogP contribution in [-0.4, -0.2) is 11.6 Å². The number of rotatable bonds is 5. The normalized spacial score (nSPS) is 12.4. The van der Waals surface area contributed by atoms with Crippen LogP contribution in [0.5, 0.6) is 5.88 Å². The summed E-state index contributed by atoms with van der Waals surface area (Å²) >= 11 is 1.75. The van der Waals surface area contributed by atoms with Gasteiger partial charge in [0.15, 0.2) is 0 Å². The number of aromatic nitrogens is 1. The van der Waals surface area contributed by atoms with Gasteiger partial charge in [0.05, 0.1) is 6.61 Å². The van der Waals surface area contributed by atoms with Gasteiger partial charge in [0.1, 0.15) is 0 Å². The summed E-state index contributed by atoms with van der Waals surface area (Å²) in [7, 11) is 0. The maximum atomic E-state index is 5.81. The van der Waals surface area contributed by atoms with E-state index in [1.54, 1.807) is 17.5 Å². The molecule has 0 aliphatic heterocycles. The van der Waals surface area contributed by atoms with Crippen molar-refractivity contribution in [3.05, 3.63) is 46.3 Å². The summed E-state index contributed by atoms with van der Waals surface area (Å²) in [4.78, 5) is 5.49. The molecule has 4 heteroatoms. The third kappa shape index (κ3) is 3.54. The SMILES string of the molecule is C[C@@H](N)c1ccnc(OCCc2cccs2)c1. The zero-order chi connectivity index (χ0) is 12.1. The third-order valence-corrected chi connectivity index (χ3v) is 3.40. The van der Waals surface area contributed by atoms with Crippen LogP contribution in [0.25, 0.3) is 0 Å². The topological polar surface area (TPSA) is 48.1 Å². The number of thiophene rings is 1. The molecule has 0 unspecified atom stereocenters. The molecule has 2 aromatic heterocycles. The van der Waals surface area contributed by atoms with Gasteiger partial charge in [-0.25, -0.2) is 4.98 Å². The van der Waals surface area contributed by atoms with E-state index < -0.39 is 0 Å². The molecule has 0 aromatic carbocycles. The molecule has 2 heterocycles. The fourth-order valence-corrected chi connectivity index (χ4v) is 2.19. The Balaban J connectivity index is 1.88. The maximum Gasteiger partial charge on any atom is 0.213 e. The summed E-state index contributed by atoms with van der Waals surface area (Å²) in [5.41, 5.74) is 6.85. The van der Waals surface area contributed by atoms with Crippen molar-refractivity contribution in [3.63, 3.8) is 0 Å². The molecule has 1 atom stereocenters. The smallest absolute Gasteiger partial charge is 0.213 e. The van der Waals surface area contributed by atoms with Crippen LogP contribution in [0.4, 0.5) is 0 Å². The Bertz CT molecular complexity index is 454. The lowest BCUT2D eigenvalue weighted by Gasteiger charge is -2.08. The first-order valence-corrected chi connectivity index (χ1v) is 6.50. The van der Waals surface area contributed by atoms with Gasteiger partial charge >= 0.3 is 0 Å². The highest BCUT2D eigenvalue weighted by Crippen LogP contribution is 2.15. The van der Waals surface area contributed by atoms with Gasteiger partial charge in [-0.3, -0.25) is 0 Å². The van der Waals surface area contributed by atoms with Crippen molar-refractivity contribution >= 4 is 11.3 Å². The van der Waals surface area contributed by atoms with Crippen LogP contribution in [0.1, 0.15) is 23.4 Å². The van der Waals surface area contributed by atoms with Gasteiger partial charge in [0.25, 0.3) is 0 Å². The third-order valence-electron chi connectivity index (χ3n) is 2.46. The van der Waals surface area contributed by atoms with Crippen molar-refractivity contribution < 1.29 is 4.74 Å². The molecule has 90 valence electrons. The minimum Gasteiger partial charge on any atom is -0.477 e. The Labute approximate surface area is 105 Å². The molecule has 2 aromatic rings. The van der Waals surface area contributed by atoms with Crippen molar-refractivity contribution in [1.82, 2.24) is 4.98 Å². The van der Waals surface area contributed by atoms with E-state index >= 15 is 0 Å². The Kier molecular flexibility index (Phi) is 4.12. The fourth-order valence-electron chi connectivity index (χ4n) is 1.50. The molecule has 2 rings (SSSR count). The number of hydrogen-bond acceptors (Lipinski definition) is 4. The molecule has 0 radical (unpaired) electrons. The van der Waals surface area contributed by atoms with E-state index in [0.717, 1.165) is 12.0 Å². The van der Waals surface area contributed by atoms with Crippen molar-refractivity contribution in [2.75, 3.05) is 6.61 Å². The summed E-state index contributed by atoms with van der Waals surface area (Å²) in [6, 6.07) is 7.99. The van der Waals surface area contributed by atoms with Gasteiger partial charge in [-0.2, -0.15) is 0 Å². The molecule has 0 aliphatic carbocycles. The minimum atomic E-state index is 0.0117. The molecule has 0 aliphatic rings. The molecule has 0 amide bonds. The second-order valence-electron chi connectivity index (χ2n) is 3.89. The van der Waals surface area contributed by atoms with Crippen molar-refractivity contribution in [3.8, 4) is 5.88 Å². The molecular formula is C13H16N2OS. The molecule has 0 bridgehead atoms. The van der Waals surface area contributed by atoms with Gasteiger partial charge in [0.2, 0.25) is 5.88 Å². The van der Waals surface area contributed by atoms with E-state index in [9.17, 15) is 0 Å². The first kappa shape index (κ1) is 12.1. The lowest BCUT2D eigenvalue weighted by molar-refractivity contribution is 0.310. The van der Waals surface area contributed by atoms with Crippen LogP contribution in [0.2, 0.25) is 0 Å². The Hall–Kier alpha value is -1.39. The molecular weight excluding hydrogens is 232 g/mol. The number of nitrogens with zero attached hydrogens (tertiary/aromatic N) is 1. The highest BCUT2D eigenvalue weighted by atomic mass is 32.1. The van der Waals surface area contributed by atoms with Gasteiger partial charge in [0, 0.05) is 29.6 Å². The largest absolute Gasteiger partial charge is 0.477 e. The van der Waals surface area contributed by atoms with Crippen LogP contribution in [0.15, 0.2) is 35.8 Å². The summed E-state index contributed by atoms with van der Waals surface area (Å²) in [5, 5.41) is 2.07. The van der Waals surface area contributed by atoms with Gasteiger partial charge in [-0.05, 0) is 30.0 Å². The lowest BCUT2D eigenvalue weighted by Crippen LogP contribution is -2.07. The van der Waals surface area contributed by atoms with Crippen LogP contribution in [0.3, 0.4) is 0 Å². The van der Waals surface area contributed by atoms with Crippen LogP contribution in [0, 0.1) is 0 Å². The van der Waals surface area contributed by atoms with E-state index in [1.165, 1.54) is 4.88 Å². The molecule has 0 fully saturated rings. The van der Waals surface area contributed by atoms with Crippen molar-refractivity contribution in [1.29, 1.82) is 0 Å². The molecule has 0 saturated heterocycles. The van der Waals surface area contributed by atoms with Crippen LogP contribution < -0.4 is 10.5 Å². The maximum absolute atomic E-state index is 5.81. The molecule has 0 spiro atoms. The lowest BCUT2D eigenvalue weighted by atomic mass is 10.1. The van der Waals surface area contributed by atoms with Crippen molar-refractivity contribution in [2.45, 2.75) is 19.4 Å². The summed E-state index contributed by atoms with van der Waals surface area (Å²) < 4.78 is 5.61. The van der Waals surface area contributed by atoms with E-state index in [1.807, 2.05) is 19.1 Å². The Morgan fingerprint density at radius 1 is 1.47 bits per heavy atom. The van der Waals surface area contributed by atoms with Crippen LogP contribution in [-0.2, 0) is 6.42 Å². The predicted molar refractivity (Wildman–Crippen MR) is 70.4 cm³/mol. The van der Waals surface area contributed by atoms with Crippen molar-refractivity contribution in [2.24, 2.45) is 5.73 Å². The monoisotopic (exact) mass is 248 g/mol. The highest BCUT2D eigenvalue weighted by molar-refractivity contribution is 7.09. The predicted octanol–water partition coefficient (Wildman–Crippen LogP) is 2.78. The zero-order valence-corrected chi connectivity index (χ0v) is 10.6. The number of nitrogens with two attached hydrogens (primary N) is 1. The average molecular weight is 248 g/mol. The molecule has 2 N–H and O–H groups in total. The van der Waals surface area contributed by atoms with Gasteiger partial charge in [-0.1, -0.05) is 6.07 Å². The summed E-state index contributed by atoms with van der Waals surface area (Å²) in [6.45, 7) is 2.60. The second-order valence-corrected chi connectivity index (χ2v) is 4.93. The van der Waals surface area contributed by atoms with E-state index in [2.05, 4.69) is 22.5 Å². The first-order valence-electron chi connectivity index (χ1n) is 5.62. The Morgan fingerprint density at radius 2 is 2.35 bits per heavy atom. The van der Waals surface area contributed by atoms with Gasteiger partial charge < -0.3 is 10.5 Å². The Morgan fingerprint density at radius 3 is 3.06 bits per heavy atom. The number of ether oxygens (including phenoxy) is 1. The second kappa shape index (κ2) is 5.80. The minimum absolute atomic E-state index is 0.0117. The molecule has 3 nitrogen and oxygen atoms in total. The zero-order valence-electron chi connectivity index (χ0n) is 9.80. The van der Waals surface area contributed by atoms with E-state index in [4.69, 9.17) is 10.5 Å². The first-order chi connectivity index (χ1) is 8.25.